The first-order chi connectivity index (χ1) is 8.06. The van der Waals surface area contributed by atoms with Crippen LogP contribution in [-0.4, -0.2) is 24.4 Å². The van der Waals surface area contributed by atoms with Gasteiger partial charge in [0.2, 0.25) is 0 Å². The van der Waals surface area contributed by atoms with Crippen LogP contribution < -0.4 is 10.6 Å². The van der Waals surface area contributed by atoms with E-state index in [1.54, 1.807) is 0 Å². The zero-order valence-electron chi connectivity index (χ0n) is 11.0. The van der Waals surface area contributed by atoms with Crippen LogP contribution in [0.4, 0.5) is 5.82 Å². The molecule has 1 rings (SSSR count). The third-order valence-electron chi connectivity index (χ3n) is 2.76. The Morgan fingerprint density at radius 2 is 2.12 bits per heavy atom. The fourth-order valence-electron chi connectivity index (χ4n) is 1.75. The van der Waals surface area contributed by atoms with Crippen molar-refractivity contribution in [1.82, 2.24) is 4.98 Å². The number of amidine groups is 1. The number of nitrogens with zero attached hydrogens (tertiary/aromatic N) is 2. The molecule has 1 heterocycles. The maximum Gasteiger partial charge on any atom is 0.139 e. The highest BCUT2D eigenvalue weighted by Gasteiger charge is 2.11. The summed E-state index contributed by atoms with van der Waals surface area (Å²) in [6.07, 6.45) is 3.56. The van der Waals surface area contributed by atoms with Crippen LogP contribution in [0.15, 0.2) is 12.1 Å². The average molecular weight is 234 g/mol. The molecule has 0 saturated carbocycles. The van der Waals surface area contributed by atoms with E-state index in [1.807, 2.05) is 26.1 Å². The zero-order chi connectivity index (χ0) is 12.8. The van der Waals surface area contributed by atoms with Crippen molar-refractivity contribution in [3.05, 3.63) is 23.4 Å². The summed E-state index contributed by atoms with van der Waals surface area (Å²) in [6, 6.07) is 3.76. The highest BCUT2D eigenvalue weighted by atomic mass is 15.2. The highest BCUT2D eigenvalue weighted by Crippen LogP contribution is 2.17. The van der Waals surface area contributed by atoms with Crippen molar-refractivity contribution in [3.8, 4) is 0 Å². The first-order valence-corrected chi connectivity index (χ1v) is 6.09. The third-order valence-corrected chi connectivity index (χ3v) is 2.76. The van der Waals surface area contributed by atoms with Crippen LogP contribution in [0.1, 0.15) is 37.4 Å². The van der Waals surface area contributed by atoms with Crippen LogP contribution in [0, 0.1) is 12.3 Å². The molecule has 0 saturated heterocycles. The van der Waals surface area contributed by atoms with Gasteiger partial charge in [0.25, 0.3) is 0 Å². The SMILES string of the molecule is CCCCCN(C)c1nc(C)ccc1C(=N)N. The Labute approximate surface area is 103 Å². The number of nitrogens with one attached hydrogen (secondary N) is 1. The minimum atomic E-state index is 0.0786. The lowest BCUT2D eigenvalue weighted by Crippen LogP contribution is -2.24. The van der Waals surface area contributed by atoms with E-state index < -0.39 is 0 Å². The van der Waals surface area contributed by atoms with Gasteiger partial charge < -0.3 is 10.6 Å². The van der Waals surface area contributed by atoms with E-state index in [0.717, 1.165) is 30.0 Å². The van der Waals surface area contributed by atoms with Crippen LogP contribution in [-0.2, 0) is 0 Å². The lowest BCUT2D eigenvalue weighted by atomic mass is 10.2. The van der Waals surface area contributed by atoms with Gasteiger partial charge in [-0.05, 0) is 25.5 Å². The van der Waals surface area contributed by atoms with Gasteiger partial charge in [-0.1, -0.05) is 19.8 Å². The molecule has 1 aromatic heterocycles. The highest BCUT2D eigenvalue weighted by molar-refractivity contribution is 5.99. The van der Waals surface area contributed by atoms with Crippen molar-refractivity contribution >= 4 is 11.7 Å². The number of rotatable bonds is 6. The van der Waals surface area contributed by atoms with E-state index in [1.165, 1.54) is 12.8 Å². The largest absolute Gasteiger partial charge is 0.384 e. The molecule has 0 fully saturated rings. The second-order valence-corrected chi connectivity index (χ2v) is 4.37. The third kappa shape index (κ3) is 3.73. The molecule has 0 aliphatic rings. The maximum atomic E-state index is 7.56. The van der Waals surface area contributed by atoms with Crippen molar-refractivity contribution in [1.29, 1.82) is 5.41 Å². The summed E-state index contributed by atoms with van der Waals surface area (Å²) in [5.74, 6) is 0.892. The van der Waals surface area contributed by atoms with Crippen molar-refractivity contribution in [2.75, 3.05) is 18.5 Å². The summed E-state index contributed by atoms with van der Waals surface area (Å²) in [6.45, 7) is 5.09. The Bertz CT molecular complexity index is 387. The molecular formula is C13H22N4. The Hall–Kier alpha value is -1.58. The van der Waals surface area contributed by atoms with Gasteiger partial charge >= 0.3 is 0 Å². The van der Waals surface area contributed by atoms with Gasteiger partial charge in [-0.2, -0.15) is 0 Å². The van der Waals surface area contributed by atoms with Gasteiger partial charge in [0, 0.05) is 19.3 Å². The number of unbranched alkanes of at least 4 members (excludes halogenated alkanes) is 2. The van der Waals surface area contributed by atoms with E-state index >= 15 is 0 Å². The lowest BCUT2D eigenvalue weighted by molar-refractivity contribution is 0.700. The van der Waals surface area contributed by atoms with Gasteiger partial charge in [-0.3, -0.25) is 5.41 Å². The van der Waals surface area contributed by atoms with Crippen molar-refractivity contribution in [2.45, 2.75) is 33.1 Å². The summed E-state index contributed by atoms with van der Waals surface area (Å²) in [5, 5.41) is 7.56. The van der Waals surface area contributed by atoms with Crippen molar-refractivity contribution in [3.63, 3.8) is 0 Å². The number of hydrogen-bond acceptors (Lipinski definition) is 3. The van der Waals surface area contributed by atoms with E-state index in [-0.39, 0.29) is 5.84 Å². The standard InChI is InChI=1S/C13H22N4/c1-4-5-6-9-17(3)13-11(12(14)15)8-7-10(2)16-13/h7-8H,4-6,9H2,1-3H3,(H3,14,15). The first-order valence-electron chi connectivity index (χ1n) is 6.09. The molecule has 0 aromatic carbocycles. The molecule has 94 valence electrons. The van der Waals surface area contributed by atoms with E-state index in [2.05, 4.69) is 16.8 Å². The predicted molar refractivity (Wildman–Crippen MR) is 72.8 cm³/mol. The molecule has 4 nitrogen and oxygen atoms in total. The second-order valence-electron chi connectivity index (χ2n) is 4.37. The molecule has 0 aliphatic heterocycles. The monoisotopic (exact) mass is 234 g/mol. The summed E-state index contributed by atoms with van der Waals surface area (Å²) < 4.78 is 0. The van der Waals surface area contributed by atoms with Crippen LogP contribution >= 0.6 is 0 Å². The molecule has 17 heavy (non-hydrogen) atoms. The molecule has 0 unspecified atom stereocenters. The van der Waals surface area contributed by atoms with Crippen LogP contribution in [0.5, 0.6) is 0 Å². The van der Waals surface area contributed by atoms with E-state index in [0.29, 0.717) is 0 Å². The molecular weight excluding hydrogens is 212 g/mol. The van der Waals surface area contributed by atoms with Gasteiger partial charge in [0.05, 0.1) is 5.56 Å². The number of aryl methyl sites for hydroxylation is 1. The second kappa shape index (κ2) is 6.23. The Morgan fingerprint density at radius 3 is 2.71 bits per heavy atom. The Morgan fingerprint density at radius 1 is 1.41 bits per heavy atom. The fourth-order valence-corrected chi connectivity index (χ4v) is 1.75. The summed E-state index contributed by atoms with van der Waals surface area (Å²) in [4.78, 5) is 6.56. The Balaban J connectivity index is 2.86. The quantitative estimate of drug-likeness (QED) is 0.451. The zero-order valence-corrected chi connectivity index (χ0v) is 11.0. The van der Waals surface area contributed by atoms with Crippen LogP contribution in [0.2, 0.25) is 0 Å². The van der Waals surface area contributed by atoms with E-state index in [9.17, 15) is 0 Å². The molecule has 0 bridgehead atoms. The summed E-state index contributed by atoms with van der Waals surface area (Å²) in [7, 11) is 2.00. The smallest absolute Gasteiger partial charge is 0.139 e. The molecule has 0 aliphatic carbocycles. The number of aromatic nitrogens is 1. The summed E-state index contributed by atoms with van der Waals surface area (Å²) in [5.41, 5.74) is 7.24. The van der Waals surface area contributed by atoms with E-state index in [4.69, 9.17) is 11.1 Å². The van der Waals surface area contributed by atoms with Gasteiger partial charge in [-0.25, -0.2) is 4.98 Å². The molecule has 0 spiro atoms. The minimum absolute atomic E-state index is 0.0786. The molecule has 0 radical (unpaired) electrons. The number of hydrogen-bond donors (Lipinski definition) is 2. The van der Waals surface area contributed by atoms with Gasteiger partial charge in [0.1, 0.15) is 11.7 Å². The van der Waals surface area contributed by atoms with Crippen LogP contribution in [0.25, 0.3) is 0 Å². The number of nitrogen functional groups attached to an aromatic ring is 1. The average Bonchev–Trinajstić information content (AvgIpc) is 2.28. The normalized spacial score (nSPS) is 10.3. The van der Waals surface area contributed by atoms with Crippen LogP contribution in [0.3, 0.4) is 0 Å². The molecule has 0 amide bonds. The predicted octanol–water partition coefficient (Wildman–Crippen LogP) is 2.30. The fraction of sp³-hybridized carbons (Fsp3) is 0.538. The minimum Gasteiger partial charge on any atom is -0.384 e. The van der Waals surface area contributed by atoms with Crippen molar-refractivity contribution in [2.24, 2.45) is 5.73 Å². The number of anilines is 1. The maximum absolute atomic E-state index is 7.56. The number of pyridine rings is 1. The molecule has 3 N–H and O–H groups in total. The molecule has 1 aromatic rings. The van der Waals surface area contributed by atoms with Gasteiger partial charge in [0.15, 0.2) is 0 Å². The molecule has 4 heteroatoms. The lowest BCUT2D eigenvalue weighted by Gasteiger charge is -2.21. The topological polar surface area (TPSA) is 66.0 Å². The van der Waals surface area contributed by atoms with Crippen molar-refractivity contribution < 1.29 is 0 Å². The number of nitrogens with two attached hydrogens (primary N) is 1. The first kappa shape index (κ1) is 13.5. The molecule has 0 atom stereocenters. The summed E-state index contributed by atoms with van der Waals surface area (Å²) >= 11 is 0. The van der Waals surface area contributed by atoms with Gasteiger partial charge in [-0.15, -0.1) is 0 Å². The Kier molecular flexibility index (Phi) is 4.94.